The molecule has 2 rings (SSSR count). The number of hydrogen-bond donors (Lipinski definition) is 3. The van der Waals surface area contributed by atoms with Gasteiger partial charge in [0.05, 0.1) is 5.01 Å². The van der Waals surface area contributed by atoms with E-state index in [0.717, 1.165) is 5.01 Å². The van der Waals surface area contributed by atoms with E-state index in [9.17, 15) is 9.59 Å². The van der Waals surface area contributed by atoms with E-state index in [-0.39, 0.29) is 11.7 Å². The molecule has 3 N–H and O–H groups in total. The average molecular weight is 253 g/mol. The number of rotatable bonds is 4. The first-order valence-electron chi connectivity index (χ1n) is 4.99. The quantitative estimate of drug-likeness (QED) is 0.718. The molecule has 0 saturated carbocycles. The lowest BCUT2D eigenvalue weighted by Gasteiger charge is -2.08. The predicted octanol–water partition coefficient (Wildman–Crippen LogP) is 0.130. The van der Waals surface area contributed by atoms with Crippen molar-refractivity contribution >= 4 is 17.2 Å². The molecule has 2 aromatic rings. The van der Waals surface area contributed by atoms with Crippen LogP contribution in [0.3, 0.4) is 0 Å². The Bertz CT molecular complexity index is 588. The van der Waals surface area contributed by atoms with Crippen molar-refractivity contribution in [2.24, 2.45) is 0 Å². The molecule has 0 aliphatic rings. The standard InChI is InChI=1S/C9H11N5O2S/c1-5(8-10-2-3-17-8)4-11-6-7(15)12-9(16)14-13-6/h2-3,5H,4H2,1H3,(H,11,13)(H2,12,14,15,16). The van der Waals surface area contributed by atoms with Gasteiger partial charge < -0.3 is 5.32 Å². The molecule has 0 radical (unpaired) electrons. The summed E-state index contributed by atoms with van der Waals surface area (Å²) in [7, 11) is 0. The summed E-state index contributed by atoms with van der Waals surface area (Å²) in [6.07, 6.45) is 1.74. The SMILES string of the molecule is CC(CNc1n[nH]c(=O)[nH]c1=O)c1nccs1. The molecular weight excluding hydrogens is 242 g/mol. The van der Waals surface area contributed by atoms with Crippen LogP contribution in [0.1, 0.15) is 17.8 Å². The molecule has 0 fully saturated rings. The second kappa shape index (κ2) is 4.91. The Morgan fingerprint density at radius 2 is 2.35 bits per heavy atom. The number of aromatic nitrogens is 4. The van der Waals surface area contributed by atoms with Crippen molar-refractivity contribution in [2.45, 2.75) is 12.8 Å². The molecule has 0 aliphatic carbocycles. The molecule has 17 heavy (non-hydrogen) atoms. The highest BCUT2D eigenvalue weighted by molar-refractivity contribution is 7.09. The van der Waals surface area contributed by atoms with Crippen LogP contribution in [0.4, 0.5) is 5.82 Å². The summed E-state index contributed by atoms with van der Waals surface area (Å²) in [4.78, 5) is 28.4. The summed E-state index contributed by atoms with van der Waals surface area (Å²) in [6.45, 7) is 2.52. The number of hydrogen-bond acceptors (Lipinski definition) is 6. The topological polar surface area (TPSA) is 104 Å². The second-order valence-corrected chi connectivity index (χ2v) is 4.43. The Kier molecular flexibility index (Phi) is 3.33. The summed E-state index contributed by atoms with van der Waals surface area (Å²) in [5, 5.41) is 11.5. The van der Waals surface area contributed by atoms with Crippen molar-refractivity contribution in [2.75, 3.05) is 11.9 Å². The molecular formula is C9H11N5O2S. The Morgan fingerprint density at radius 3 is 3.00 bits per heavy atom. The van der Waals surface area contributed by atoms with Crippen LogP contribution in [-0.2, 0) is 0 Å². The van der Waals surface area contributed by atoms with E-state index in [1.54, 1.807) is 17.5 Å². The molecule has 0 amide bonds. The molecule has 0 saturated heterocycles. The third kappa shape index (κ3) is 2.78. The number of nitrogens with one attached hydrogen (secondary N) is 3. The van der Waals surface area contributed by atoms with Crippen molar-refractivity contribution in [3.63, 3.8) is 0 Å². The number of aromatic amines is 2. The van der Waals surface area contributed by atoms with E-state index >= 15 is 0 Å². The van der Waals surface area contributed by atoms with Gasteiger partial charge >= 0.3 is 5.69 Å². The van der Waals surface area contributed by atoms with Gasteiger partial charge in [0.25, 0.3) is 5.56 Å². The molecule has 1 atom stereocenters. The first-order valence-corrected chi connectivity index (χ1v) is 5.87. The van der Waals surface area contributed by atoms with Crippen LogP contribution < -0.4 is 16.6 Å². The van der Waals surface area contributed by atoms with E-state index in [1.807, 2.05) is 12.3 Å². The molecule has 0 bridgehead atoms. The molecule has 2 aromatic heterocycles. The molecule has 2 heterocycles. The number of H-pyrrole nitrogens is 2. The van der Waals surface area contributed by atoms with E-state index in [0.29, 0.717) is 6.54 Å². The van der Waals surface area contributed by atoms with Crippen LogP contribution in [0.5, 0.6) is 0 Å². The highest BCUT2D eigenvalue weighted by Crippen LogP contribution is 2.17. The third-order valence-electron chi connectivity index (χ3n) is 2.16. The van der Waals surface area contributed by atoms with Gasteiger partial charge in [0.1, 0.15) is 0 Å². The summed E-state index contributed by atoms with van der Waals surface area (Å²) in [5.74, 6) is 0.274. The maximum absolute atomic E-state index is 11.3. The van der Waals surface area contributed by atoms with Crippen molar-refractivity contribution in [1.29, 1.82) is 0 Å². The van der Waals surface area contributed by atoms with Crippen molar-refractivity contribution < 1.29 is 0 Å². The normalized spacial score (nSPS) is 12.3. The number of nitrogens with zero attached hydrogens (tertiary/aromatic N) is 2. The summed E-state index contributed by atoms with van der Waals surface area (Å²) < 4.78 is 0. The molecule has 1 unspecified atom stereocenters. The predicted molar refractivity (Wildman–Crippen MR) is 64.5 cm³/mol. The first-order chi connectivity index (χ1) is 8.16. The fraction of sp³-hybridized carbons (Fsp3) is 0.333. The van der Waals surface area contributed by atoms with Crippen LogP contribution >= 0.6 is 11.3 Å². The summed E-state index contributed by atoms with van der Waals surface area (Å²) in [5.41, 5.74) is -1.14. The van der Waals surface area contributed by atoms with Gasteiger partial charge in [-0.2, -0.15) is 0 Å². The first kappa shape index (κ1) is 11.5. The average Bonchev–Trinajstić information content (AvgIpc) is 2.81. The minimum absolute atomic E-state index is 0.105. The fourth-order valence-corrected chi connectivity index (χ4v) is 1.98. The highest BCUT2D eigenvalue weighted by atomic mass is 32.1. The van der Waals surface area contributed by atoms with E-state index in [2.05, 4.69) is 25.5 Å². The van der Waals surface area contributed by atoms with Crippen LogP contribution in [0.15, 0.2) is 21.2 Å². The van der Waals surface area contributed by atoms with Crippen LogP contribution in [0.2, 0.25) is 0 Å². The molecule has 8 heteroatoms. The fourth-order valence-electron chi connectivity index (χ4n) is 1.28. The van der Waals surface area contributed by atoms with Crippen molar-refractivity contribution in [3.05, 3.63) is 37.4 Å². The minimum atomic E-state index is -0.617. The monoisotopic (exact) mass is 253 g/mol. The maximum Gasteiger partial charge on any atom is 0.342 e. The molecule has 90 valence electrons. The zero-order valence-corrected chi connectivity index (χ0v) is 9.87. The third-order valence-corrected chi connectivity index (χ3v) is 3.17. The van der Waals surface area contributed by atoms with Crippen molar-refractivity contribution in [3.8, 4) is 0 Å². The van der Waals surface area contributed by atoms with Gasteiger partial charge in [0.15, 0.2) is 0 Å². The van der Waals surface area contributed by atoms with Gasteiger partial charge in [-0.1, -0.05) is 6.92 Å². The second-order valence-electron chi connectivity index (χ2n) is 3.51. The Morgan fingerprint density at radius 1 is 1.53 bits per heavy atom. The van der Waals surface area contributed by atoms with Crippen LogP contribution in [0.25, 0.3) is 0 Å². The molecule has 0 aliphatic heterocycles. The van der Waals surface area contributed by atoms with Gasteiger partial charge in [-0.15, -0.1) is 16.4 Å². The largest absolute Gasteiger partial charge is 0.363 e. The lowest BCUT2D eigenvalue weighted by atomic mass is 10.2. The number of thiazole rings is 1. The highest BCUT2D eigenvalue weighted by Gasteiger charge is 2.09. The lowest BCUT2D eigenvalue weighted by Crippen LogP contribution is -2.27. The van der Waals surface area contributed by atoms with Gasteiger partial charge in [0.2, 0.25) is 5.82 Å². The summed E-state index contributed by atoms with van der Waals surface area (Å²) in [6, 6.07) is 0. The van der Waals surface area contributed by atoms with E-state index < -0.39 is 11.2 Å². The van der Waals surface area contributed by atoms with Crippen LogP contribution in [0, 0.1) is 0 Å². The Hall–Kier alpha value is -1.96. The Labute approximate surface area is 99.9 Å². The van der Waals surface area contributed by atoms with Gasteiger partial charge in [-0.25, -0.2) is 14.9 Å². The van der Waals surface area contributed by atoms with Gasteiger partial charge in [-0.3, -0.25) is 9.78 Å². The summed E-state index contributed by atoms with van der Waals surface area (Å²) >= 11 is 1.56. The zero-order valence-electron chi connectivity index (χ0n) is 9.06. The maximum atomic E-state index is 11.3. The van der Waals surface area contributed by atoms with Gasteiger partial charge in [-0.05, 0) is 0 Å². The lowest BCUT2D eigenvalue weighted by molar-refractivity contribution is 0.780. The Balaban J connectivity index is 2.03. The minimum Gasteiger partial charge on any atom is -0.363 e. The van der Waals surface area contributed by atoms with Crippen molar-refractivity contribution in [1.82, 2.24) is 20.2 Å². The molecule has 7 nitrogen and oxygen atoms in total. The molecule has 0 aromatic carbocycles. The van der Waals surface area contributed by atoms with Gasteiger partial charge in [0, 0.05) is 24.0 Å². The smallest absolute Gasteiger partial charge is 0.342 e. The van der Waals surface area contributed by atoms with Crippen LogP contribution in [-0.4, -0.2) is 26.7 Å². The van der Waals surface area contributed by atoms with E-state index in [1.165, 1.54) is 0 Å². The number of anilines is 1. The zero-order chi connectivity index (χ0) is 12.3. The molecule has 0 spiro atoms. The van der Waals surface area contributed by atoms with E-state index in [4.69, 9.17) is 0 Å².